The number of nitrogens with one attached hydrogen (secondary N) is 1. The van der Waals surface area contributed by atoms with Gasteiger partial charge in [-0.1, -0.05) is 26.2 Å². The van der Waals surface area contributed by atoms with Crippen LogP contribution >= 0.6 is 0 Å². The number of carbonyl (C=O) groups excluding carboxylic acids is 1. The molecule has 1 heterocycles. The first-order valence-electron chi connectivity index (χ1n) is 11.2. The lowest BCUT2D eigenvalue weighted by Crippen LogP contribution is -2.27. The maximum atomic E-state index is 12.7. The molecular formula is C24H32N2O5S. The Hall–Kier alpha value is -2.58. The molecule has 1 N–H and O–H groups in total. The van der Waals surface area contributed by atoms with Crippen LogP contribution in [0.25, 0.3) is 0 Å². The molecule has 0 spiro atoms. The molecule has 3 rings (SSSR count). The number of sulfonamides is 1. The zero-order chi connectivity index (χ0) is 23.0. The van der Waals surface area contributed by atoms with E-state index in [2.05, 4.69) is 12.2 Å². The van der Waals surface area contributed by atoms with Crippen molar-refractivity contribution in [2.75, 3.05) is 32.1 Å². The van der Waals surface area contributed by atoms with E-state index in [1.54, 1.807) is 37.4 Å². The quantitative estimate of drug-likeness (QED) is 0.492. The van der Waals surface area contributed by atoms with Crippen LogP contribution in [-0.4, -0.2) is 45.4 Å². The summed E-state index contributed by atoms with van der Waals surface area (Å²) in [5.74, 6) is 0.796. The number of rotatable bonds is 11. The predicted octanol–water partition coefficient (Wildman–Crippen LogP) is 4.69. The van der Waals surface area contributed by atoms with Crippen LogP contribution in [0.1, 0.15) is 55.8 Å². The maximum Gasteiger partial charge on any atom is 0.255 e. The average molecular weight is 461 g/mol. The van der Waals surface area contributed by atoms with Crippen LogP contribution in [-0.2, 0) is 10.0 Å². The van der Waals surface area contributed by atoms with Crippen molar-refractivity contribution in [1.29, 1.82) is 0 Å². The molecule has 2 aromatic rings. The Morgan fingerprint density at radius 2 is 1.72 bits per heavy atom. The van der Waals surface area contributed by atoms with E-state index >= 15 is 0 Å². The van der Waals surface area contributed by atoms with E-state index in [0.29, 0.717) is 42.4 Å². The number of hydrogen-bond acceptors (Lipinski definition) is 5. The molecule has 0 aliphatic carbocycles. The Balaban J connectivity index is 1.62. The van der Waals surface area contributed by atoms with Gasteiger partial charge in [-0.15, -0.1) is 0 Å². The molecule has 2 aromatic carbocycles. The first kappa shape index (κ1) is 24.1. The minimum absolute atomic E-state index is 0.236. The highest BCUT2D eigenvalue weighted by Gasteiger charge is 2.27. The van der Waals surface area contributed by atoms with Gasteiger partial charge in [0.25, 0.3) is 5.91 Å². The van der Waals surface area contributed by atoms with Gasteiger partial charge in [0.2, 0.25) is 10.0 Å². The predicted molar refractivity (Wildman–Crippen MR) is 125 cm³/mol. The molecule has 1 amide bonds. The largest absolute Gasteiger partial charge is 0.493 e. The van der Waals surface area contributed by atoms with Gasteiger partial charge in [-0.25, -0.2) is 8.42 Å². The fraction of sp³-hybridized carbons (Fsp3) is 0.458. The molecule has 1 aliphatic heterocycles. The van der Waals surface area contributed by atoms with Crippen LogP contribution in [0.3, 0.4) is 0 Å². The van der Waals surface area contributed by atoms with Crippen molar-refractivity contribution in [3.63, 3.8) is 0 Å². The van der Waals surface area contributed by atoms with Crippen LogP contribution < -0.4 is 14.8 Å². The van der Waals surface area contributed by atoms with Gasteiger partial charge in [0.05, 0.1) is 18.6 Å². The molecule has 1 aliphatic rings. The third-order valence-corrected chi connectivity index (χ3v) is 7.41. The van der Waals surface area contributed by atoms with Crippen molar-refractivity contribution in [3.05, 3.63) is 48.0 Å². The zero-order valence-corrected chi connectivity index (χ0v) is 19.6. The normalized spacial score (nSPS) is 14.3. The summed E-state index contributed by atoms with van der Waals surface area (Å²) in [5.41, 5.74) is 0.944. The van der Waals surface area contributed by atoms with Gasteiger partial charge in [0, 0.05) is 24.3 Å². The molecule has 0 bridgehead atoms. The average Bonchev–Trinajstić information content (AvgIpc) is 3.35. The number of nitrogens with zero attached hydrogens (tertiary/aromatic N) is 1. The summed E-state index contributed by atoms with van der Waals surface area (Å²) in [5, 5.41) is 2.80. The molecule has 7 nitrogen and oxygen atoms in total. The molecule has 1 saturated heterocycles. The number of amides is 1. The monoisotopic (exact) mass is 460 g/mol. The van der Waals surface area contributed by atoms with Gasteiger partial charge in [-0.05, 0) is 61.7 Å². The standard InChI is InChI=1S/C24H32N2O5S/c1-3-4-5-8-17-31-22-14-9-19(18-23(22)30-2)24(27)25-20-10-12-21(13-11-20)32(28,29)26-15-6-7-16-26/h9-14,18H,3-8,15-17H2,1-2H3,(H,25,27). The Kier molecular flexibility index (Phi) is 8.53. The van der Waals surface area contributed by atoms with Gasteiger partial charge in [-0.3, -0.25) is 4.79 Å². The minimum Gasteiger partial charge on any atom is -0.493 e. The summed E-state index contributed by atoms with van der Waals surface area (Å²) in [4.78, 5) is 12.9. The molecule has 0 saturated carbocycles. The van der Waals surface area contributed by atoms with Gasteiger partial charge < -0.3 is 14.8 Å². The van der Waals surface area contributed by atoms with Crippen molar-refractivity contribution in [1.82, 2.24) is 4.31 Å². The van der Waals surface area contributed by atoms with E-state index in [9.17, 15) is 13.2 Å². The van der Waals surface area contributed by atoms with E-state index in [4.69, 9.17) is 9.47 Å². The maximum absolute atomic E-state index is 12.7. The van der Waals surface area contributed by atoms with Crippen LogP contribution in [0.4, 0.5) is 5.69 Å². The molecule has 0 radical (unpaired) electrons. The molecular weight excluding hydrogens is 428 g/mol. The first-order chi connectivity index (χ1) is 15.5. The fourth-order valence-corrected chi connectivity index (χ4v) is 5.15. The van der Waals surface area contributed by atoms with Crippen molar-refractivity contribution < 1.29 is 22.7 Å². The van der Waals surface area contributed by atoms with E-state index in [1.165, 1.54) is 29.3 Å². The fourth-order valence-electron chi connectivity index (χ4n) is 3.63. The van der Waals surface area contributed by atoms with Crippen molar-refractivity contribution >= 4 is 21.6 Å². The zero-order valence-electron chi connectivity index (χ0n) is 18.8. The summed E-state index contributed by atoms with van der Waals surface area (Å²) in [7, 11) is -1.93. The van der Waals surface area contributed by atoms with E-state index in [0.717, 1.165) is 25.7 Å². The lowest BCUT2D eigenvalue weighted by Gasteiger charge is -2.16. The Morgan fingerprint density at radius 3 is 2.38 bits per heavy atom. The Bertz CT molecular complexity index is 1000. The van der Waals surface area contributed by atoms with Crippen molar-refractivity contribution in [3.8, 4) is 11.5 Å². The number of carbonyl (C=O) groups is 1. The molecule has 32 heavy (non-hydrogen) atoms. The molecule has 174 valence electrons. The van der Waals surface area contributed by atoms with Gasteiger partial charge in [0.1, 0.15) is 0 Å². The number of anilines is 1. The first-order valence-corrected chi connectivity index (χ1v) is 12.6. The van der Waals surface area contributed by atoms with Crippen LogP contribution in [0, 0.1) is 0 Å². The summed E-state index contributed by atoms with van der Waals surface area (Å²) in [6.45, 7) is 3.88. The Morgan fingerprint density at radius 1 is 1.00 bits per heavy atom. The number of unbranched alkanes of at least 4 members (excludes halogenated alkanes) is 3. The Labute approximate surface area is 190 Å². The van der Waals surface area contributed by atoms with Crippen LogP contribution in [0.2, 0.25) is 0 Å². The van der Waals surface area contributed by atoms with Gasteiger partial charge >= 0.3 is 0 Å². The highest BCUT2D eigenvalue weighted by Crippen LogP contribution is 2.29. The lowest BCUT2D eigenvalue weighted by molar-refractivity contribution is 0.102. The second-order valence-electron chi connectivity index (χ2n) is 7.86. The smallest absolute Gasteiger partial charge is 0.255 e. The summed E-state index contributed by atoms with van der Waals surface area (Å²) >= 11 is 0. The van der Waals surface area contributed by atoms with Crippen LogP contribution in [0.5, 0.6) is 11.5 Å². The number of hydrogen-bond donors (Lipinski definition) is 1. The summed E-state index contributed by atoms with van der Waals surface area (Å²) in [6.07, 6.45) is 6.23. The molecule has 8 heteroatoms. The third-order valence-electron chi connectivity index (χ3n) is 5.50. The highest BCUT2D eigenvalue weighted by molar-refractivity contribution is 7.89. The number of methoxy groups -OCH3 is 1. The van der Waals surface area contributed by atoms with Crippen molar-refractivity contribution in [2.45, 2.75) is 50.3 Å². The second kappa shape index (κ2) is 11.3. The van der Waals surface area contributed by atoms with E-state index in [-0.39, 0.29) is 10.8 Å². The van der Waals surface area contributed by atoms with E-state index in [1.807, 2.05) is 0 Å². The highest BCUT2D eigenvalue weighted by atomic mass is 32.2. The SMILES string of the molecule is CCCCCCOc1ccc(C(=O)Nc2ccc(S(=O)(=O)N3CCCC3)cc2)cc1OC. The number of benzene rings is 2. The second-order valence-corrected chi connectivity index (χ2v) is 9.80. The molecule has 1 fully saturated rings. The lowest BCUT2D eigenvalue weighted by atomic mass is 10.1. The minimum atomic E-state index is -3.47. The van der Waals surface area contributed by atoms with Gasteiger partial charge in [0.15, 0.2) is 11.5 Å². The molecule has 0 atom stereocenters. The van der Waals surface area contributed by atoms with E-state index < -0.39 is 10.0 Å². The topological polar surface area (TPSA) is 84.9 Å². The number of ether oxygens (including phenoxy) is 2. The summed E-state index contributed by atoms with van der Waals surface area (Å²) in [6, 6.07) is 11.3. The molecule has 0 unspecified atom stereocenters. The summed E-state index contributed by atoms with van der Waals surface area (Å²) < 4.78 is 38.0. The van der Waals surface area contributed by atoms with Crippen LogP contribution in [0.15, 0.2) is 47.4 Å². The van der Waals surface area contributed by atoms with Gasteiger partial charge in [-0.2, -0.15) is 4.31 Å². The third kappa shape index (κ3) is 6.01. The van der Waals surface area contributed by atoms with Crippen molar-refractivity contribution in [2.24, 2.45) is 0 Å². The molecule has 0 aromatic heterocycles.